The molecule has 0 unspecified atom stereocenters. The van der Waals surface area contributed by atoms with Gasteiger partial charge in [0.1, 0.15) is 5.82 Å². The molecule has 1 atom stereocenters. The van der Waals surface area contributed by atoms with Crippen LogP contribution in [-0.4, -0.2) is 41.1 Å². The van der Waals surface area contributed by atoms with Gasteiger partial charge in [0.25, 0.3) is 5.91 Å². The van der Waals surface area contributed by atoms with Crippen LogP contribution in [0.1, 0.15) is 36.8 Å². The number of carbonyl (C=O) groups excluding carboxylic acids is 1. The van der Waals surface area contributed by atoms with Crippen molar-refractivity contribution in [2.45, 2.75) is 44.8 Å². The van der Waals surface area contributed by atoms with Gasteiger partial charge in [-0.25, -0.2) is 4.39 Å². The minimum absolute atomic E-state index is 0.154. The Kier molecular flexibility index (Phi) is 4.69. The van der Waals surface area contributed by atoms with Gasteiger partial charge in [0, 0.05) is 26.2 Å². The highest BCUT2D eigenvalue weighted by Crippen LogP contribution is 2.32. The lowest BCUT2D eigenvalue weighted by Crippen LogP contribution is -2.58. The molecule has 1 saturated carbocycles. The number of aliphatic hydroxyl groups is 1. The number of hydrogen-bond donors (Lipinski definition) is 2. The zero-order valence-electron chi connectivity index (χ0n) is 13.6. The molecule has 0 spiro atoms. The molecule has 1 aliphatic carbocycles. The molecule has 23 heavy (non-hydrogen) atoms. The third-order valence-electron chi connectivity index (χ3n) is 4.92. The molecule has 4 nitrogen and oxygen atoms in total. The monoisotopic (exact) mass is 320 g/mol. The highest BCUT2D eigenvalue weighted by Gasteiger charge is 2.43. The quantitative estimate of drug-likeness (QED) is 0.843. The second kappa shape index (κ2) is 6.57. The summed E-state index contributed by atoms with van der Waals surface area (Å²) in [5, 5.41) is 13.9. The van der Waals surface area contributed by atoms with Gasteiger partial charge in [-0.2, -0.15) is 0 Å². The number of amides is 1. The average Bonchev–Trinajstić information content (AvgIpc) is 3.32. The van der Waals surface area contributed by atoms with Crippen LogP contribution in [0.15, 0.2) is 18.2 Å². The molecule has 126 valence electrons. The van der Waals surface area contributed by atoms with Gasteiger partial charge in [-0.1, -0.05) is 6.07 Å². The second-order valence-corrected chi connectivity index (χ2v) is 7.00. The van der Waals surface area contributed by atoms with Gasteiger partial charge in [-0.05, 0) is 61.8 Å². The molecule has 1 heterocycles. The van der Waals surface area contributed by atoms with E-state index in [-0.39, 0.29) is 18.3 Å². The molecule has 2 aliphatic rings. The van der Waals surface area contributed by atoms with Gasteiger partial charge >= 0.3 is 0 Å². The zero-order valence-corrected chi connectivity index (χ0v) is 13.6. The van der Waals surface area contributed by atoms with Gasteiger partial charge in [0.2, 0.25) is 0 Å². The molecular formula is C18H25FN2O2. The summed E-state index contributed by atoms with van der Waals surface area (Å²) in [6.45, 7) is 4.11. The summed E-state index contributed by atoms with van der Waals surface area (Å²) >= 11 is 0. The summed E-state index contributed by atoms with van der Waals surface area (Å²) < 4.78 is 13.3. The predicted octanol–water partition coefficient (Wildman–Crippen LogP) is 1.99. The van der Waals surface area contributed by atoms with Crippen molar-refractivity contribution in [1.29, 1.82) is 0 Å². The summed E-state index contributed by atoms with van der Waals surface area (Å²) in [5.74, 6) is 0.207. The highest BCUT2D eigenvalue weighted by atomic mass is 19.1. The number of piperidine rings is 1. The van der Waals surface area contributed by atoms with E-state index in [1.165, 1.54) is 25.0 Å². The number of nitrogens with zero attached hydrogens (tertiary/aromatic N) is 1. The van der Waals surface area contributed by atoms with Crippen LogP contribution in [-0.2, 0) is 11.3 Å². The van der Waals surface area contributed by atoms with Crippen molar-refractivity contribution < 1.29 is 14.3 Å². The lowest BCUT2D eigenvalue weighted by atomic mass is 9.91. The van der Waals surface area contributed by atoms with E-state index in [0.29, 0.717) is 18.9 Å². The lowest BCUT2D eigenvalue weighted by Gasteiger charge is -2.38. The number of benzene rings is 1. The summed E-state index contributed by atoms with van der Waals surface area (Å²) in [6.07, 6.45) is 3.70. The van der Waals surface area contributed by atoms with Gasteiger partial charge < -0.3 is 15.3 Å². The third-order valence-corrected chi connectivity index (χ3v) is 4.92. The number of hydrogen-bond acceptors (Lipinski definition) is 3. The van der Waals surface area contributed by atoms with Crippen LogP contribution in [0.5, 0.6) is 0 Å². The van der Waals surface area contributed by atoms with Gasteiger partial charge in [-0.3, -0.25) is 4.79 Å². The summed E-state index contributed by atoms with van der Waals surface area (Å²) in [4.78, 5) is 14.4. The van der Waals surface area contributed by atoms with Crippen molar-refractivity contribution >= 4 is 5.91 Å². The van der Waals surface area contributed by atoms with Crippen LogP contribution in [0.3, 0.4) is 0 Å². The van der Waals surface area contributed by atoms with Crippen LogP contribution in [0.4, 0.5) is 4.39 Å². The molecule has 3 rings (SSSR count). The first-order valence-electron chi connectivity index (χ1n) is 8.45. The molecule has 1 aromatic rings. The van der Waals surface area contributed by atoms with E-state index in [0.717, 1.165) is 30.6 Å². The third kappa shape index (κ3) is 3.90. The predicted molar refractivity (Wildman–Crippen MR) is 86.3 cm³/mol. The minimum atomic E-state index is -1.33. The number of aryl methyl sites for hydroxylation is 1. The van der Waals surface area contributed by atoms with Crippen molar-refractivity contribution in [3.8, 4) is 0 Å². The Balaban J connectivity index is 1.57. The Hall–Kier alpha value is -1.46. The molecule has 0 bridgehead atoms. The maximum Gasteiger partial charge on any atom is 0.255 e. The smallest absolute Gasteiger partial charge is 0.255 e. The Morgan fingerprint density at radius 3 is 2.96 bits per heavy atom. The molecule has 2 fully saturated rings. The highest BCUT2D eigenvalue weighted by molar-refractivity contribution is 5.86. The fourth-order valence-electron chi connectivity index (χ4n) is 3.25. The molecule has 5 heteroatoms. The SMILES string of the molecule is Cc1ccc(F)cc1CNC[C@@]1(O)CCCN(CC2CC2)C1=O. The first kappa shape index (κ1) is 16.4. The normalized spacial score (nSPS) is 25.0. The van der Waals surface area contributed by atoms with Crippen LogP contribution in [0.2, 0.25) is 0 Å². The standard InChI is InChI=1S/C18H25FN2O2/c1-13-3-6-16(19)9-15(13)10-20-12-18(23)7-2-8-21(17(18)22)11-14-4-5-14/h3,6,9,14,20,23H,2,4-5,7-8,10-12H2,1H3/t18-/m0/s1. The van der Waals surface area contributed by atoms with Crippen molar-refractivity contribution in [2.24, 2.45) is 5.92 Å². The number of halogens is 1. The van der Waals surface area contributed by atoms with Crippen LogP contribution < -0.4 is 5.32 Å². The van der Waals surface area contributed by atoms with Crippen molar-refractivity contribution in [3.05, 3.63) is 35.1 Å². The minimum Gasteiger partial charge on any atom is -0.379 e. The molecule has 0 radical (unpaired) electrons. The van der Waals surface area contributed by atoms with Crippen LogP contribution >= 0.6 is 0 Å². The van der Waals surface area contributed by atoms with E-state index in [1.807, 2.05) is 11.8 Å². The zero-order chi connectivity index (χ0) is 16.4. The van der Waals surface area contributed by atoms with E-state index in [9.17, 15) is 14.3 Å². The van der Waals surface area contributed by atoms with Crippen molar-refractivity contribution in [3.63, 3.8) is 0 Å². The molecule has 1 aromatic carbocycles. The van der Waals surface area contributed by atoms with Crippen molar-refractivity contribution in [2.75, 3.05) is 19.6 Å². The van der Waals surface area contributed by atoms with Crippen LogP contribution in [0.25, 0.3) is 0 Å². The fourth-order valence-corrected chi connectivity index (χ4v) is 3.25. The van der Waals surface area contributed by atoms with E-state index >= 15 is 0 Å². The second-order valence-electron chi connectivity index (χ2n) is 7.00. The molecule has 1 aliphatic heterocycles. The number of likely N-dealkylation sites (tertiary alicyclic amines) is 1. The van der Waals surface area contributed by atoms with E-state index in [2.05, 4.69) is 5.32 Å². The number of nitrogens with one attached hydrogen (secondary N) is 1. The first-order valence-corrected chi connectivity index (χ1v) is 8.45. The number of carbonyl (C=O) groups is 1. The lowest BCUT2D eigenvalue weighted by molar-refractivity contribution is -0.156. The largest absolute Gasteiger partial charge is 0.379 e. The van der Waals surface area contributed by atoms with E-state index in [4.69, 9.17) is 0 Å². The van der Waals surface area contributed by atoms with Gasteiger partial charge in [0.05, 0.1) is 0 Å². The van der Waals surface area contributed by atoms with E-state index < -0.39 is 5.60 Å². The fraction of sp³-hybridized carbons (Fsp3) is 0.611. The summed E-state index contributed by atoms with van der Waals surface area (Å²) in [6, 6.07) is 4.67. The Morgan fingerprint density at radius 2 is 2.22 bits per heavy atom. The number of rotatable bonds is 6. The van der Waals surface area contributed by atoms with E-state index in [1.54, 1.807) is 6.07 Å². The maximum atomic E-state index is 13.3. The Morgan fingerprint density at radius 1 is 1.43 bits per heavy atom. The summed E-state index contributed by atoms with van der Waals surface area (Å²) in [5.41, 5.74) is 0.525. The molecule has 1 saturated heterocycles. The van der Waals surface area contributed by atoms with Crippen LogP contribution in [0, 0.1) is 18.7 Å². The van der Waals surface area contributed by atoms with Crippen molar-refractivity contribution in [1.82, 2.24) is 10.2 Å². The molecular weight excluding hydrogens is 295 g/mol. The van der Waals surface area contributed by atoms with Gasteiger partial charge in [-0.15, -0.1) is 0 Å². The Bertz CT molecular complexity index is 588. The molecule has 2 N–H and O–H groups in total. The molecule has 0 aromatic heterocycles. The maximum absolute atomic E-state index is 13.3. The first-order chi connectivity index (χ1) is 11.0. The van der Waals surface area contributed by atoms with Gasteiger partial charge in [0.15, 0.2) is 5.60 Å². The topological polar surface area (TPSA) is 52.6 Å². The Labute approximate surface area is 136 Å². The molecule has 1 amide bonds. The average molecular weight is 320 g/mol. The summed E-state index contributed by atoms with van der Waals surface area (Å²) in [7, 11) is 0.